The zero-order valence-corrected chi connectivity index (χ0v) is 29.2. The Balaban J connectivity index is 0.000000201. The van der Waals surface area contributed by atoms with Gasteiger partial charge in [0.1, 0.15) is 5.82 Å². The van der Waals surface area contributed by atoms with Crippen molar-refractivity contribution < 1.29 is 19.1 Å². The second-order valence-corrected chi connectivity index (χ2v) is 13.2. The minimum atomic E-state index is -0.411. The van der Waals surface area contributed by atoms with Crippen molar-refractivity contribution in [2.45, 2.75) is 32.7 Å². The van der Waals surface area contributed by atoms with E-state index in [4.69, 9.17) is 16.7 Å². The van der Waals surface area contributed by atoms with E-state index in [1.165, 1.54) is 12.1 Å². The Morgan fingerprint density at radius 3 is 1.84 bits per heavy atom. The third kappa shape index (κ3) is 9.78. The van der Waals surface area contributed by atoms with Crippen LogP contribution in [0, 0.1) is 26.8 Å². The maximum Gasteiger partial charge on any atom is 0.253 e. The Kier molecular flexibility index (Phi) is 12.2. The Labute approximate surface area is 288 Å². The van der Waals surface area contributed by atoms with Crippen LogP contribution in [0.1, 0.15) is 44.7 Å². The predicted molar refractivity (Wildman–Crippen MR) is 192 cm³/mol. The van der Waals surface area contributed by atoms with E-state index in [1.807, 2.05) is 38.1 Å². The average molecular weight is 841 g/mol. The Hall–Kier alpha value is -2.94. The third-order valence-corrected chi connectivity index (χ3v) is 8.26. The molecule has 7 nitrogen and oxygen atoms in total. The second kappa shape index (κ2) is 15.9. The van der Waals surface area contributed by atoms with Crippen LogP contribution >= 0.6 is 56.8 Å². The van der Waals surface area contributed by atoms with Crippen LogP contribution in [0.25, 0.3) is 0 Å². The lowest BCUT2D eigenvalue weighted by atomic mass is 10.1. The largest absolute Gasteiger partial charge is 0.395 e. The van der Waals surface area contributed by atoms with Crippen molar-refractivity contribution in [2.24, 2.45) is 0 Å². The van der Waals surface area contributed by atoms with Crippen molar-refractivity contribution in [1.82, 2.24) is 10.6 Å². The van der Waals surface area contributed by atoms with Crippen LogP contribution in [0.3, 0.4) is 0 Å². The molecule has 4 aromatic rings. The van der Waals surface area contributed by atoms with E-state index in [9.17, 15) is 14.0 Å². The summed E-state index contributed by atoms with van der Waals surface area (Å²) < 4.78 is 15.8. The highest BCUT2D eigenvalue weighted by molar-refractivity contribution is 14.1. The lowest BCUT2D eigenvalue weighted by molar-refractivity contribution is 0.0940. The van der Waals surface area contributed by atoms with Crippen LogP contribution in [0.2, 0.25) is 5.02 Å². The molecule has 5 rings (SSSR count). The zero-order valence-electron chi connectivity index (χ0n) is 24.1. The summed E-state index contributed by atoms with van der Waals surface area (Å²) in [6.07, 6.45) is 2.00. The number of carbonyl (C=O) groups excluding carboxylic acids is 2. The highest BCUT2D eigenvalue weighted by atomic mass is 127. The van der Waals surface area contributed by atoms with Gasteiger partial charge in [-0.1, -0.05) is 11.6 Å². The first-order valence-corrected chi connectivity index (χ1v) is 16.4. The van der Waals surface area contributed by atoms with E-state index in [0.29, 0.717) is 27.5 Å². The van der Waals surface area contributed by atoms with Gasteiger partial charge in [-0.3, -0.25) is 9.59 Å². The number of amides is 2. The van der Waals surface area contributed by atoms with E-state index in [0.717, 1.165) is 42.5 Å². The fourth-order valence-electron chi connectivity index (χ4n) is 4.21. The number of nitrogens with one attached hydrogen (secondary N) is 4. The lowest BCUT2D eigenvalue weighted by Gasteiger charge is -2.14. The molecule has 0 aromatic heterocycles. The van der Waals surface area contributed by atoms with E-state index in [-0.39, 0.29) is 31.0 Å². The minimum Gasteiger partial charge on any atom is -0.395 e. The van der Waals surface area contributed by atoms with Gasteiger partial charge in [0, 0.05) is 36.1 Å². The fraction of sp³-hybridized carbons (Fsp3) is 0.212. The molecule has 2 amide bonds. The topological polar surface area (TPSA) is 102 Å². The Morgan fingerprint density at radius 2 is 1.32 bits per heavy atom. The molecule has 5 N–H and O–H groups in total. The molecular formula is C33H32ClFI2N4O3. The van der Waals surface area contributed by atoms with Gasteiger partial charge in [0.15, 0.2) is 0 Å². The Bertz CT molecular complexity index is 1670. The highest BCUT2D eigenvalue weighted by Crippen LogP contribution is 2.28. The summed E-state index contributed by atoms with van der Waals surface area (Å²) in [5.41, 5.74) is 6.07. The normalized spacial score (nSPS) is 12.1. The quantitative estimate of drug-likeness (QED) is 0.110. The summed E-state index contributed by atoms with van der Waals surface area (Å²) in [5, 5.41) is 21.4. The van der Waals surface area contributed by atoms with Crippen LogP contribution in [0.15, 0.2) is 72.8 Å². The highest BCUT2D eigenvalue weighted by Gasteiger charge is 2.25. The van der Waals surface area contributed by atoms with Crippen molar-refractivity contribution in [3.63, 3.8) is 0 Å². The number of aliphatic hydroxyl groups is 1. The van der Waals surface area contributed by atoms with Gasteiger partial charge in [0.2, 0.25) is 0 Å². The van der Waals surface area contributed by atoms with E-state index in [1.54, 1.807) is 24.3 Å². The van der Waals surface area contributed by atoms with Gasteiger partial charge in [-0.2, -0.15) is 0 Å². The summed E-state index contributed by atoms with van der Waals surface area (Å²) >= 11 is 10.5. The number of halogens is 4. The first kappa shape index (κ1) is 33.9. The molecule has 44 heavy (non-hydrogen) atoms. The van der Waals surface area contributed by atoms with E-state index < -0.39 is 5.82 Å². The van der Waals surface area contributed by atoms with Crippen molar-refractivity contribution in [1.29, 1.82) is 0 Å². The van der Waals surface area contributed by atoms with Gasteiger partial charge in [-0.15, -0.1) is 0 Å². The molecule has 0 spiro atoms. The van der Waals surface area contributed by atoms with Crippen LogP contribution < -0.4 is 21.3 Å². The molecule has 230 valence electrons. The molecule has 4 aromatic carbocycles. The molecule has 0 radical (unpaired) electrons. The molecule has 1 aliphatic carbocycles. The molecular weight excluding hydrogens is 809 g/mol. The smallest absolute Gasteiger partial charge is 0.253 e. The molecule has 0 aliphatic heterocycles. The number of hydrogen-bond donors (Lipinski definition) is 5. The number of anilines is 4. The molecule has 11 heteroatoms. The van der Waals surface area contributed by atoms with Gasteiger partial charge >= 0.3 is 0 Å². The molecule has 0 unspecified atom stereocenters. The molecule has 1 saturated carbocycles. The fourth-order valence-corrected chi connectivity index (χ4v) is 5.67. The first-order valence-electron chi connectivity index (χ1n) is 13.9. The lowest BCUT2D eigenvalue weighted by Crippen LogP contribution is -2.27. The van der Waals surface area contributed by atoms with E-state index >= 15 is 0 Å². The van der Waals surface area contributed by atoms with Crippen molar-refractivity contribution in [3.8, 4) is 0 Å². The number of aliphatic hydroxyl groups excluding tert-OH is 1. The standard InChI is InChI=1S/C17H16FIN2O.C16H16ClIN2O2/c1-10-8-12(19)3-7-15(10)21-16-6-2-11(18)9-14(16)17(22)20-13-4-5-13;1-10-8-12(18)3-5-14(10)20-15-4-2-11(17)9-13(15)16(22)19-6-7-21/h2-3,6-9,13,21H,4-5H2,1H3,(H,20,22);2-5,8-9,20-21H,6-7H2,1H3,(H,19,22). The van der Waals surface area contributed by atoms with Gasteiger partial charge in [0.05, 0.1) is 29.1 Å². The minimum absolute atomic E-state index is 0.106. The number of rotatable bonds is 9. The van der Waals surface area contributed by atoms with Crippen molar-refractivity contribution >= 4 is 91.3 Å². The van der Waals surface area contributed by atoms with E-state index in [2.05, 4.69) is 78.6 Å². The molecule has 1 aliphatic rings. The summed E-state index contributed by atoms with van der Waals surface area (Å²) in [7, 11) is 0. The van der Waals surface area contributed by atoms with Crippen molar-refractivity contribution in [2.75, 3.05) is 23.8 Å². The zero-order chi connectivity index (χ0) is 31.8. The maximum atomic E-state index is 13.5. The van der Waals surface area contributed by atoms with Gasteiger partial charge in [0.25, 0.3) is 11.8 Å². The summed E-state index contributed by atoms with van der Waals surface area (Å²) in [6.45, 7) is 4.10. The summed E-state index contributed by atoms with van der Waals surface area (Å²) in [5.74, 6) is -0.916. The Morgan fingerprint density at radius 1 is 0.795 bits per heavy atom. The average Bonchev–Trinajstić information content (AvgIpc) is 3.80. The van der Waals surface area contributed by atoms with Gasteiger partial charge < -0.3 is 26.4 Å². The summed E-state index contributed by atoms with van der Waals surface area (Å²) in [6, 6.07) is 21.6. The number of hydrogen-bond acceptors (Lipinski definition) is 5. The SMILES string of the molecule is Cc1cc(I)ccc1Nc1ccc(Cl)cc1C(=O)NCCO.Cc1cc(I)ccc1Nc1ccc(F)cc1C(=O)NC1CC1. The molecule has 0 bridgehead atoms. The monoisotopic (exact) mass is 840 g/mol. The van der Waals surface area contributed by atoms with Crippen LogP contribution in [0.5, 0.6) is 0 Å². The number of benzene rings is 4. The molecule has 0 saturated heterocycles. The maximum absolute atomic E-state index is 13.5. The molecule has 1 fully saturated rings. The third-order valence-electron chi connectivity index (χ3n) is 6.68. The predicted octanol–water partition coefficient (Wildman–Crippen LogP) is 8.09. The molecule has 0 heterocycles. The van der Waals surface area contributed by atoms with Gasteiger partial charge in [-0.25, -0.2) is 4.39 Å². The number of aryl methyl sites for hydroxylation is 2. The van der Waals surface area contributed by atoms with Crippen LogP contribution in [0.4, 0.5) is 27.1 Å². The second-order valence-electron chi connectivity index (χ2n) is 10.3. The van der Waals surface area contributed by atoms with Crippen molar-refractivity contribution in [3.05, 3.63) is 113 Å². The number of carbonyl (C=O) groups is 2. The summed E-state index contributed by atoms with van der Waals surface area (Å²) in [4.78, 5) is 24.5. The molecule has 0 atom stereocenters. The van der Waals surface area contributed by atoms with Crippen LogP contribution in [-0.4, -0.2) is 36.1 Å². The van der Waals surface area contributed by atoms with Crippen LogP contribution in [-0.2, 0) is 0 Å². The van der Waals surface area contributed by atoms with Gasteiger partial charge in [-0.05, 0) is 156 Å². The first-order chi connectivity index (χ1) is 21.0.